The number of rotatable bonds is 5. The molecule has 218 valence electrons. The molecule has 0 radical (unpaired) electrons. The van der Waals surface area contributed by atoms with Gasteiger partial charge in [-0.25, -0.2) is 4.79 Å². The minimum absolute atomic E-state index is 0.0784. The Morgan fingerprint density at radius 3 is 2.52 bits per heavy atom. The molecule has 0 spiro atoms. The average molecular weight is 565 g/mol. The summed E-state index contributed by atoms with van der Waals surface area (Å²) in [5, 5.41) is 10.4. The smallest absolute Gasteiger partial charge is 0.334 e. The Bertz CT molecular complexity index is 1250. The molecule has 1 aliphatic heterocycles. The summed E-state index contributed by atoms with van der Waals surface area (Å²) in [6, 6.07) is 3.94. The van der Waals surface area contributed by atoms with Gasteiger partial charge in [-0.1, -0.05) is 46.3 Å². The summed E-state index contributed by atoms with van der Waals surface area (Å²) < 4.78 is 6.28. The van der Waals surface area contributed by atoms with E-state index in [1.165, 1.54) is 49.0 Å². The Morgan fingerprint density at radius 2 is 1.82 bits per heavy atom. The van der Waals surface area contributed by atoms with Crippen LogP contribution in [-0.4, -0.2) is 29.1 Å². The third-order valence-corrected chi connectivity index (χ3v) is 13.7. The van der Waals surface area contributed by atoms with Crippen LogP contribution in [0.2, 0.25) is 0 Å². The normalized spacial score (nSPS) is 40.2. The van der Waals surface area contributed by atoms with Crippen molar-refractivity contribution < 1.29 is 19.4 Å². The van der Waals surface area contributed by atoms with Gasteiger partial charge in [-0.3, -0.25) is 4.79 Å². The Kier molecular flexibility index (Phi) is 7.26. The summed E-state index contributed by atoms with van der Waals surface area (Å²) in [5.74, 6) is 3.02. The third-order valence-electron chi connectivity index (χ3n) is 12.4. The van der Waals surface area contributed by atoms with Crippen LogP contribution >= 0.6 is 11.3 Å². The maximum atomic E-state index is 13.5. The minimum Gasteiger partial charge on any atom is -0.458 e. The van der Waals surface area contributed by atoms with Gasteiger partial charge in [0.1, 0.15) is 6.10 Å². The number of hydrogen-bond acceptors (Lipinski definition) is 5. The number of carbonyl (C=O) groups is 2. The van der Waals surface area contributed by atoms with Crippen LogP contribution < -0.4 is 0 Å². The first-order chi connectivity index (χ1) is 18.9. The molecule has 0 amide bonds. The Morgan fingerprint density at radius 1 is 1.05 bits per heavy atom. The molecule has 1 aromatic heterocycles. The molecule has 3 fully saturated rings. The molecular formula is C35H48O4S. The standard InChI is InChI=1S/C35H48O4S/c1-19(2)32-25(31-12-11-30(40-31)21(4)36)18-29(39-33(32)38)20(3)26-9-10-27-24-8-7-22-17-23(37)13-15-34(22,5)28(24)14-16-35(26,27)6/h7,11-12,19-20,23-24,26-29,37H,8-10,13-18H2,1-6H3/t20-,23-,24-,26+,27-,28-,29+,34-,35+/m0/s1. The number of esters is 1. The van der Waals surface area contributed by atoms with E-state index >= 15 is 0 Å². The molecular weight excluding hydrogens is 516 g/mol. The molecule has 0 unspecified atom stereocenters. The van der Waals surface area contributed by atoms with Gasteiger partial charge in [0.2, 0.25) is 0 Å². The van der Waals surface area contributed by atoms with Crippen molar-refractivity contribution in [3.63, 3.8) is 0 Å². The number of ether oxygens (including phenoxy) is 1. The molecule has 0 aromatic carbocycles. The van der Waals surface area contributed by atoms with Crippen LogP contribution in [0.15, 0.2) is 29.4 Å². The van der Waals surface area contributed by atoms with Crippen LogP contribution in [0, 0.1) is 46.3 Å². The summed E-state index contributed by atoms with van der Waals surface area (Å²) in [6.07, 6.45) is 12.1. The zero-order chi connectivity index (χ0) is 28.6. The van der Waals surface area contributed by atoms with E-state index in [9.17, 15) is 14.7 Å². The van der Waals surface area contributed by atoms with Gasteiger partial charge < -0.3 is 9.84 Å². The maximum absolute atomic E-state index is 13.5. The van der Waals surface area contributed by atoms with Gasteiger partial charge in [0.15, 0.2) is 5.78 Å². The van der Waals surface area contributed by atoms with Crippen molar-refractivity contribution in [1.29, 1.82) is 0 Å². The summed E-state index contributed by atoms with van der Waals surface area (Å²) in [6.45, 7) is 13.2. The SMILES string of the molecule is CC(=O)c1ccc(C2=C(C(C)C)C(=O)O[C@@H]([C@@H](C)[C@H]3CC[C@H]4[C@@H]5CC=C6C[C@@H](O)CC[C@]6(C)[C@H]5CC[C@]34C)C2)s1. The summed E-state index contributed by atoms with van der Waals surface area (Å²) >= 11 is 1.52. The first-order valence-corrected chi connectivity index (χ1v) is 16.7. The molecule has 4 aliphatic carbocycles. The monoisotopic (exact) mass is 564 g/mol. The second-order valence-electron chi connectivity index (χ2n) is 14.7. The molecule has 5 aliphatic rings. The van der Waals surface area contributed by atoms with E-state index in [0.717, 1.165) is 64.3 Å². The number of ketones is 1. The van der Waals surface area contributed by atoms with E-state index in [1.54, 1.807) is 6.92 Å². The fourth-order valence-corrected chi connectivity index (χ4v) is 11.3. The van der Waals surface area contributed by atoms with Crippen molar-refractivity contribution in [3.8, 4) is 0 Å². The van der Waals surface area contributed by atoms with Gasteiger partial charge in [0, 0.05) is 16.9 Å². The van der Waals surface area contributed by atoms with Gasteiger partial charge in [0.25, 0.3) is 0 Å². The highest BCUT2D eigenvalue weighted by molar-refractivity contribution is 7.15. The minimum atomic E-state index is -0.161. The Labute approximate surface area is 244 Å². The molecule has 1 N–H and O–H groups in total. The molecule has 2 heterocycles. The number of aliphatic hydroxyl groups is 1. The van der Waals surface area contributed by atoms with Crippen molar-refractivity contribution in [1.82, 2.24) is 0 Å². The molecule has 0 saturated heterocycles. The second kappa shape index (κ2) is 10.2. The zero-order valence-electron chi connectivity index (χ0n) is 25.3. The summed E-state index contributed by atoms with van der Waals surface area (Å²) in [4.78, 5) is 27.3. The first kappa shape index (κ1) is 28.4. The molecule has 6 rings (SSSR count). The Hall–Kier alpha value is -1.72. The van der Waals surface area contributed by atoms with E-state index in [4.69, 9.17) is 4.74 Å². The van der Waals surface area contributed by atoms with Crippen LogP contribution in [0.4, 0.5) is 0 Å². The fourth-order valence-electron chi connectivity index (χ4n) is 10.3. The van der Waals surface area contributed by atoms with Crippen molar-refractivity contribution in [2.24, 2.45) is 46.3 Å². The molecule has 40 heavy (non-hydrogen) atoms. The number of Topliss-reactive ketones (excluding diaryl/α,β-unsaturated/α-hetero) is 1. The topological polar surface area (TPSA) is 63.6 Å². The zero-order valence-corrected chi connectivity index (χ0v) is 26.1. The van der Waals surface area contributed by atoms with E-state index in [1.807, 2.05) is 12.1 Å². The number of cyclic esters (lactones) is 1. The molecule has 3 saturated carbocycles. The lowest BCUT2D eigenvalue weighted by molar-refractivity contribution is -0.151. The van der Waals surface area contributed by atoms with Crippen molar-refractivity contribution in [2.45, 2.75) is 112 Å². The maximum Gasteiger partial charge on any atom is 0.334 e. The number of hydrogen-bond donors (Lipinski definition) is 1. The number of fused-ring (bicyclic) bond motifs is 5. The number of carbonyl (C=O) groups excluding carboxylic acids is 2. The van der Waals surface area contributed by atoms with E-state index in [0.29, 0.717) is 11.8 Å². The first-order valence-electron chi connectivity index (χ1n) is 15.9. The molecule has 1 aromatic rings. The highest BCUT2D eigenvalue weighted by Crippen LogP contribution is 2.67. The molecule has 4 nitrogen and oxygen atoms in total. The Balaban J connectivity index is 1.25. The average Bonchev–Trinajstić information content (AvgIpc) is 3.53. The van der Waals surface area contributed by atoms with Gasteiger partial charge in [0.05, 0.1) is 11.0 Å². The van der Waals surface area contributed by atoms with E-state index in [2.05, 4.69) is 40.7 Å². The number of aliphatic hydroxyl groups excluding tert-OH is 1. The quantitative estimate of drug-likeness (QED) is 0.222. The largest absolute Gasteiger partial charge is 0.458 e. The fraction of sp³-hybridized carbons (Fsp3) is 0.714. The highest BCUT2D eigenvalue weighted by Gasteiger charge is 2.60. The van der Waals surface area contributed by atoms with Crippen LogP contribution in [0.3, 0.4) is 0 Å². The van der Waals surface area contributed by atoms with Gasteiger partial charge in [-0.15, -0.1) is 11.3 Å². The molecule has 0 bridgehead atoms. The van der Waals surface area contributed by atoms with Gasteiger partial charge in [-0.2, -0.15) is 0 Å². The van der Waals surface area contributed by atoms with Gasteiger partial charge in [-0.05, 0) is 122 Å². The van der Waals surface area contributed by atoms with Crippen molar-refractivity contribution >= 4 is 28.7 Å². The number of thiophene rings is 1. The van der Waals surface area contributed by atoms with Crippen LogP contribution in [-0.2, 0) is 9.53 Å². The number of allylic oxidation sites excluding steroid dienone is 1. The lowest BCUT2D eigenvalue weighted by atomic mass is 9.47. The lowest BCUT2D eigenvalue weighted by Crippen LogP contribution is -2.51. The second-order valence-corrected chi connectivity index (χ2v) is 15.7. The van der Waals surface area contributed by atoms with Crippen LogP contribution in [0.1, 0.15) is 114 Å². The third kappa shape index (κ3) is 4.40. The lowest BCUT2D eigenvalue weighted by Gasteiger charge is -2.58. The van der Waals surface area contributed by atoms with E-state index in [-0.39, 0.29) is 40.7 Å². The van der Waals surface area contributed by atoms with Crippen LogP contribution in [0.25, 0.3) is 5.57 Å². The summed E-state index contributed by atoms with van der Waals surface area (Å²) in [5.41, 5.74) is 3.96. The molecule has 9 atom stereocenters. The van der Waals surface area contributed by atoms with Gasteiger partial charge >= 0.3 is 5.97 Å². The predicted molar refractivity (Wildman–Crippen MR) is 161 cm³/mol. The highest BCUT2D eigenvalue weighted by atomic mass is 32.1. The molecule has 5 heteroatoms. The predicted octanol–water partition coefficient (Wildman–Crippen LogP) is 8.25. The van der Waals surface area contributed by atoms with E-state index < -0.39 is 0 Å². The van der Waals surface area contributed by atoms with Crippen molar-refractivity contribution in [2.75, 3.05) is 0 Å². The van der Waals surface area contributed by atoms with Crippen molar-refractivity contribution in [3.05, 3.63) is 39.1 Å². The summed E-state index contributed by atoms with van der Waals surface area (Å²) in [7, 11) is 0. The van der Waals surface area contributed by atoms with Crippen LogP contribution in [0.5, 0.6) is 0 Å².